The highest BCUT2D eigenvalue weighted by molar-refractivity contribution is 14.0. The maximum absolute atomic E-state index is 11.7. The second-order valence-corrected chi connectivity index (χ2v) is 5.87. The molecule has 0 aliphatic carbocycles. The van der Waals surface area contributed by atoms with Crippen LogP contribution in [0.25, 0.3) is 0 Å². The number of primary amides is 1. The molecule has 0 radical (unpaired) electrons. The number of benzene rings is 1. The normalized spacial score (nSPS) is 15.1. The second-order valence-electron chi connectivity index (χ2n) is 5.87. The number of hydrogen-bond donors (Lipinski definition) is 3. The zero-order valence-electron chi connectivity index (χ0n) is 14.8. The first kappa shape index (κ1) is 22.0. The van der Waals surface area contributed by atoms with Gasteiger partial charge in [0.2, 0.25) is 5.91 Å². The van der Waals surface area contributed by atoms with Gasteiger partial charge in [-0.2, -0.15) is 0 Å². The predicted molar refractivity (Wildman–Crippen MR) is 110 cm³/mol. The Bertz CT molecular complexity index is 628. The minimum Gasteiger partial charge on any atom is -0.450 e. The Hall–Kier alpha value is -2.04. The van der Waals surface area contributed by atoms with Crippen LogP contribution in [0.15, 0.2) is 29.3 Å². The largest absolute Gasteiger partial charge is 0.450 e. The summed E-state index contributed by atoms with van der Waals surface area (Å²) in [4.78, 5) is 28.7. The van der Waals surface area contributed by atoms with Gasteiger partial charge in [0.15, 0.2) is 5.96 Å². The van der Waals surface area contributed by atoms with Crippen LogP contribution in [0.3, 0.4) is 0 Å². The van der Waals surface area contributed by atoms with Gasteiger partial charge >= 0.3 is 6.09 Å². The maximum atomic E-state index is 11.7. The van der Waals surface area contributed by atoms with E-state index in [0.717, 1.165) is 18.4 Å². The van der Waals surface area contributed by atoms with Crippen molar-refractivity contribution in [1.29, 1.82) is 0 Å². The molecule has 1 fully saturated rings. The van der Waals surface area contributed by atoms with E-state index in [2.05, 4.69) is 10.3 Å². The van der Waals surface area contributed by atoms with Crippen molar-refractivity contribution in [2.24, 2.45) is 16.5 Å². The van der Waals surface area contributed by atoms with Crippen molar-refractivity contribution in [3.8, 4) is 0 Å². The van der Waals surface area contributed by atoms with Crippen LogP contribution < -0.4 is 16.8 Å². The van der Waals surface area contributed by atoms with Crippen LogP contribution in [0.1, 0.15) is 35.7 Å². The van der Waals surface area contributed by atoms with Crippen LogP contribution in [-0.2, 0) is 11.3 Å². The monoisotopic (exact) mass is 475 g/mol. The molecule has 2 amide bonds. The van der Waals surface area contributed by atoms with E-state index in [-0.39, 0.29) is 36.1 Å². The van der Waals surface area contributed by atoms with Crippen molar-refractivity contribution < 1.29 is 14.3 Å². The van der Waals surface area contributed by atoms with Gasteiger partial charge in [-0.05, 0) is 37.5 Å². The predicted octanol–water partition coefficient (Wildman–Crippen LogP) is 1.43. The third-order valence-electron chi connectivity index (χ3n) is 4.04. The van der Waals surface area contributed by atoms with E-state index >= 15 is 0 Å². The summed E-state index contributed by atoms with van der Waals surface area (Å²) in [5.41, 5.74) is 12.5. The summed E-state index contributed by atoms with van der Waals surface area (Å²) in [6, 6.07) is 7.12. The molecule has 2 rings (SSSR count). The molecule has 0 unspecified atom stereocenters. The first-order valence-electron chi connectivity index (χ1n) is 8.36. The number of carbonyl (C=O) groups excluding carboxylic acids is 2. The zero-order valence-corrected chi connectivity index (χ0v) is 17.1. The summed E-state index contributed by atoms with van der Waals surface area (Å²) >= 11 is 0. The van der Waals surface area contributed by atoms with Gasteiger partial charge in [0.05, 0.1) is 13.2 Å². The lowest BCUT2D eigenvalue weighted by Crippen LogP contribution is -2.48. The Labute approximate surface area is 170 Å². The van der Waals surface area contributed by atoms with Gasteiger partial charge in [0.25, 0.3) is 0 Å². The highest BCUT2D eigenvalue weighted by Gasteiger charge is 2.23. The molecule has 0 aromatic heterocycles. The number of amides is 2. The third kappa shape index (κ3) is 6.70. The number of nitrogens with two attached hydrogens (primary N) is 2. The number of nitrogens with one attached hydrogen (secondary N) is 1. The summed E-state index contributed by atoms with van der Waals surface area (Å²) < 4.78 is 5.00. The molecule has 0 saturated carbocycles. The molecule has 0 bridgehead atoms. The minimum absolute atomic E-state index is 0. The lowest BCUT2D eigenvalue weighted by Gasteiger charge is -2.31. The summed E-state index contributed by atoms with van der Waals surface area (Å²) in [7, 11) is 0. The highest BCUT2D eigenvalue weighted by Crippen LogP contribution is 2.11. The molecule has 1 heterocycles. The van der Waals surface area contributed by atoms with Crippen LogP contribution in [0.5, 0.6) is 0 Å². The van der Waals surface area contributed by atoms with E-state index in [9.17, 15) is 9.59 Å². The average Bonchev–Trinajstić information content (AvgIpc) is 2.61. The fraction of sp³-hybridized carbons (Fsp3) is 0.471. The van der Waals surface area contributed by atoms with Crippen molar-refractivity contribution in [3.63, 3.8) is 0 Å². The molecule has 1 aromatic rings. The standard InChI is InChI=1S/C17H25N5O3.HI/c1-2-25-17(24)22-9-7-14(8-10-22)21-16(19)20-11-12-3-5-13(6-4-12)15(18)23;/h3-6,14H,2,7-11H2,1H3,(H2,18,23)(H3,19,20,21);1H. The lowest BCUT2D eigenvalue weighted by atomic mass is 10.1. The van der Waals surface area contributed by atoms with E-state index in [1.54, 1.807) is 36.1 Å². The van der Waals surface area contributed by atoms with Gasteiger partial charge < -0.3 is 26.4 Å². The number of nitrogens with zero attached hydrogens (tertiary/aromatic N) is 2. The van der Waals surface area contributed by atoms with E-state index in [4.69, 9.17) is 16.2 Å². The quantitative estimate of drug-likeness (QED) is 0.338. The smallest absolute Gasteiger partial charge is 0.409 e. The molecule has 26 heavy (non-hydrogen) atoms. The van der Waals surface area contributed by atoms with Crippen LogP contribution in [0.4, 0.5) is 4.79 Å². The number of piperidine rings is 1. The fourth-order valence-corrected chi connectivity index (χ4v) is 2.63. The third-order valence-corrected chi connectivity index (χ3v) is 4.04. The number of likely N-dealkylation sites (tertiary alicyclic amines) is 1. The number of aliphatic imine (C=N–C) groups is 1. The number of hydrogen-bond acceptors (Lipinski definition) is 4. The molecule has 8 nitrogen and oxygen atoms in total. The molecule has 1 aliphatic rings. The van der Waals surface area contributed by atoms with Gasteiger partial charge in [-0.1, -0.05) is 12.1 Å². The van der Waals surface area contributed by atoms with Crippen LogP contribution in [0.2, 0.25) is 0 Å². The van der Waals surface area contributed by atoms with Gasteiger partial charge in [-0.3, -0.25) is 4.79 Å². The van der Waals surface area contributed by atoms with Crippen molar-refractivity contribution in [1.82, 2.24) is 10.2 Å². The number of guanidine groups is 1. The van der Waals surface area contributed by atoms with Crippen molar-refractivity contribution >= 4 is 41.9 Å². The maximum Gasteiger partial charge on any atom is 0.409 e. The molecule has 5 N–H and O–H groups in total. The zero-order chi connectivity index (χ0) is 18.2. The van der Waals surface area contributed by atoms with Crippen LogP contribution >= 0.6 is 24.0 Å². The molecule has 144 valence electrons. The molecule has 1 saturated heterocycles. The first-order chi connectivity index (χ1) is 12.0. The van der Waals surface area contributed by atoms with Gasteiger partial charge in [-0.25, -0.2) is 9.79 Å². The summed E-state index contributed by atoms with van der Waals surface area (Å²) in [6.45, 7) is 3.87. The van der Waals surface area contributed by atoms with E-state index in [1.807, 2.05) is 0 Å². The number of halogens is 1. The molecular weight excluding hydrogens is 449 g/mol. The Morgan fingerprint density at radius 1 is 1.23 bits per heavy atom. The Morgan fingerprint density at radius 2 is 1.85 bits per heavy atom. The fourth-order valence-electron chi connectivity index (χ4n) is 2.63. The molecule has 0 spiro atoms. The van der Waals surface area contributed by atoms with Crippen molar-refractivity contribution in [2.45, 2.75) is 32.4 Å². The van der Waals surface area contributed by atoms with Gasteiger partial charge in [0, 0.05) is 24.7 Å². The van der Waals surface area contributed by atoms with E-state index in [0.29, 0.717) is 37.8 Å². The lowest BCUT2D eigenvalue weighted by molar-refractivity contribution is 0.0961. The van der Waals surface area contributed by atoms with Gasteiger partial charge in [0.1, 0.15) is 0 Å². The van der Waals surface area contributed by atoms with Crippen molar-refractivity contribution in [2.75, 3.05) is 19.7 Å². The molecule has 0 atom stereocenters. The molecule has 1 aliphatic heterocycles. The number of carbonyl (C=O) groups is 2. The SMILES string of the molecule is CCOC(=O)N1CCC(NC(N)=NCc2ccc(C(N)=O)cc2)CC1.I. The topological polar surface area (TPSA) is 123 Å². The highest BCUT2D eigenvalue weighted by atomic mass is 127. The molecular formula is C17H26IN5O3. The molecule has 1 aromatic carbocycles. The number of rotatable bonds is 5. The van der Waals surface area contributed by atoms with Gasteiger partial charge in [-0.15, -0.1) is 24.0 Å². The first-order valence-corrected chi connectivity index (χ1v) is 8.36. The van der Waals surface area contributed by atoms with Crippen LogP contribution in [0, 0.1) is 0 Å². The second kappa shape index (κ2) is 10.8. The Morgan fingerprint density at radius 3 is 2.38 bits per heavy atom. The van der Waals surface area contributed by atoms with E-state index in [1.165, 1.54) is 0 Å². The van der Waals surface area contributed by atoms with Crippen molar-refractivity contribution in [3.05, 3.63) is 35.4 Å². The summed E-state index contributed by atoms with van der Waals surface area (Å²) in [6.07, 6.45) is 1.33. The Kier molecular flexibility index (Phi) is 9.17. The summed E-state index contributed by atoms with van der Waals surface area (Å²) in [5, 5.41) is 3.19. The summed E-state index contributed by atoms with van der Waals surface area (Å²) in [5.74, 6) is -0.0843. The number of ether oxygens (including phenoxy) is 1. The minimum atomic E-state index is -0.453. The molecule has 9 heteroatoms. The van der Waals surface area contributed by atoms with E-state index < -0.39 is 5.91 Å². The average molecular weight is 475 g/mol. The Balaban J connectivity index is 0.00000338. The van der Waals surface area contributed by atoms with Crippen LogP contribution in [-0.4, -0.2) is 48.6 Å².